The minimum atomic E-state index is -2.70. The summed E-state index contributed by atoms with van der Waals surface area (Å²) in [5.41, 5.74) is 0. The molecule has 0 bridgehead atoms. The molecule has 0 aliphatic carbocycles. The van der Waals surface area contributed by atoms with E-state index in [0.29, 0.717) is 0 Å². The topological polar surface area (TPSA) is 0 Å². The van der Waals surface area contributed by atoms with Crippen LogP contribution in [0, 0.1) is 0 Å². The Kier molecular flexibility index (Phi) is 12.0. The second kappa shape index (κ2) is 13.9. The van der Waals surface area contributed by atoms with Crippen molar-refractivity contribution in [2.75, 3.05) is 6.16 Å². The monoisotopic (exact) mass is 580 g/mol. The summed E-state index contributed by atoms with van der Waals surface area (Å²) < 4.78 is 0. The van der Waals surface area contributed by atoms with Crippen LogP contribution in [0.1, 0.15) is 51.9 Å². The molecule has 3 aromatic carbocycles. The van der Waals surface area contributed by atoms with E-state index in [9.17, 15) is 0 Å². The van der Waals surface area contributed by atoms with E-state index in [-0.39, 0.29) is 0 Å². The molecule has 0 amide bonds. The van der Waals surface area contributed by atoms with Gasteiger partial charge in [0.2, 0.25) is 0 Å². The van der Waals surface area contributed by atoms with Gasteiger partial charge in [0, 0.05) is 0 Å². The van der Waals surface area contributed by atoms with E-state index in [1.165, 1.54) is 60.9 Å². The summed E-state index contributed by atoms with van der Waals surface area (Å²) in [6.07, 6.45) is 10.5. The summed E-state index contributed by atoms with van der Waals surface area (Å²) >= 11 is 7.40. The zero-order valence-corrected chi connectivity index (χ0v) is 23.8. The molecule has 0 saturated carbocycles. The number of rotatable bonds is 11. The Bertz CT molecular complexity index is 755. The van der Waals surface area contributed by atoms with Crippen molar-refractivity contribution in [2.45, 2.75) is 51.9 Å². The molecule has 0 aliphatic heterocycles. The molecule has 3 aromatic rings. The maximum absolute atomic E-state index is 4.54. The van der Waals surface area contributed by atoms with Gasteiger partial charge in [-0.1, -0.05) is 23.4 Å². The largest absolute Gasteiger partial charge is 0.0679 e. The average Bonchev–Trinajstić information content (AvgIpc) is 2.86. The fraction of sp³-hybridized carbons (Fsp3) is 0.333. The second-order valence-electron chi connectivity index (χ2n) is 8.03. The van der Waals surface area contributed by atoms with Crippen LogP contribution in [0.3, 0.4) is 0 Å². The summed E-state index contributed by atoms with van der Waals surface area (Å²) in [5, 5.41) is 1.60. The first-order chi connectivity index (χ1) is 15.2. The first kappa shape index (κ1) is 26.7. The van der Waals surface area contributed by atoms with Crippen molar-refractivity contribution in [1.82, 2.24) is 0 Å². The molecule has 0 radical (unpaired) electrons. The van der Waals surface area contributed by atoms with Crippen molar-refractivity contribution in [3.8, 4) is 0 Å². The SMILES string of the molecule is CCCCCCCCCP(Br)(c1ccccc1)(c1ccccc1)c1ccccc1.PBr. The Morgan fingerprint density at radius 3 is 1.23 bits per heavy atom. The van der Waals surface area contributed by atoms with Gasteiger partial charge in [0.05, 0.1) is 0 Å². The Hall–Kier alpha value is -0.520. The number of benzene rings is 3. The van der Waals surface area contributed by atoms with Crippen LogP contribution in [-0.2, 0) is 0 Å². The van der Waals surface area contributed by atoms with Crippen molar-refractivity contribution in [2.24, 2.45) is 0 Å². The Morgan fingerprint density at radius 1 is 0.548 bits per heavy atom. The van der Waals surface area contributed by atoms with Gasteiger partial charge >= 0.3 is 186 Å². The van der Waals surface area contributed by atoms with Gasteiger partial charge in [-0.15, -0.1) is 0 Å². The standard InChI is InChI=1S/C27H34BrP.BrH2P/c1-2-3-4-5-6-7-17-24-29(28,25-18-11-8-12-19-25,26-20-13-9-14-21-26)27-22-15-10-16-23-27;1-2/h8-16,18-23H,2-7,17,24H2,1H3;2H2. The van der Waals surface area contributed by atoms with E-state index < -0.39 is 5.31 Å². The average molecular weight is 582 g/mol. The first-order valence-corrected chi connectivity index (χ1v) is 18.9. The van der Waals surface area contributed by atoms with Crippen LogP contribution in [0.4, 0.5) is 0 Å². The smallest absolute Gasteiger partial charge is 0.0652 e. The maximum Gasteiger partial charge on any atom is -0.0652 e. The molecule has 1 unspecified atom stereocenters. The summed E-state index contributed by atoms with van der Waals surface area (Å²) in [5.74, 6) is 0. The van der Waals surface area contributed by atoms with Gasteiger partial charge in [0.25, 0.3) is 0 Å². The summed E-state index contributed by atoms with van der Waals surface area (Å²) in [6, 6.07) is 33.5. The zero-order valence-electron chi connectivity index (χ0n) is 18.6. The van der Waals surface area contributed by atoms with Gasteiger partial charge in [0.15, 0.2) is 0 Å². The maximum atomic E-state index is 4.54. The Labute approximate surface area is 208 Å². The van der Waals surface area contributed by atoms with E-state index in [0.717, 1.165) is 6.16 Å². The molecular formula is C27H36Br2P2. The molecule has 0 spiro atoms. The molecule has 1 atom stereocenters. The van der Waals surface area contributed by atoms with Crippen molar-refractivity contribution in [3.63, 3.8) is 0 Å². The van der Waals surface area contributed by atoms with Gasteiger partial charge in [-0.2, -0.15) is 0 Å². The van der Waals surface area contributed by atoms with E-state index in [4.69, 9.17) is 0 Å². The van der Waals surface area contributed by atoms with Crippen LogP contribution in [0.5, 0.6) is 0 Å². The van der Waals surface area contributed by atoms with Crippen LogP contribution in [0.25, 0.3) is 0 Å². The van der Waals surface area contributed by atoms with Crippen LogP contribution in [0.2, 0.25) is 0 Å². The third-order valence-electron chi connectivity index (χ3n) is 6.07. The minimum absolute atomic E-state index is 1.16. The second-order valence-corrected chi connectivity index (χ2v) is 17.1. The van der Waals surface area contributed by atoms with E-state index in [2.05, 4.69) is 137 Å². The quantitative estimate of drug-likeness (QED) is 0.157. The predicted molar refractivity (Wildman–Crippen MR) is 156 cm³/mol. The number of halogens is 2. The fourth-order valence-corrected chi connectivity index (χ4v) is 12.2. The van der Waals surface area contributed by atoms with E-state index in [1.54, 1.807) is 0 Å². The fourth-order valence-electron chi connectivity index (χ4n) is 4.42. The molecule has 3 rings (SSSR count). The van der Waals surface area contributed by atoms with Gasteiger partial charge in [0.1, 0.15) is 0 Å². The summed E-state index contributed by atoms with van der Waals surface area (Å²) in [6.45, 7) is 2.29. The van der Waals surface area contributed by atoms with Crippen molar-refractivity contribution in [3.05, 3.63) is 91.0 Å². The van der Waals surface area contributed by atoms with Crippen molar-refractivity contribution in [1.29, 1.82) is 0 Å². The molecule has 168 valence electrons. The third-order valence-corrected chi connectivity index (χ3v) is 16.1. The van der Waals surface area contributed by atoms with E-state index in [1.807, 2.05) is 0 Å². The van der Waals surface area contributed by atoms with Crippen molar-refractivity contribution < 1.29 is 0 Å². The Morgan fingerprint density at radius 2 is 0.871 bits per heavy atom. The Balaban J connectivity index is 0.00000166. The first-order valence-electron chi connectivity index (χ1n) is 11.3. The van der Waals surface area contributed by atoms with E-state index >= 15 is 0 Å². The molecule has 0 aromatic heterocycles. The molecule has 0 fully saturated rings. The van der Waals surface area contributed by atoms with Gasteiger partial charge in [-0.25, -0.2) is 0 Å². The predicted octanol–water partition coefficient (Wildman–Crippen LogP) is 8.75. The molecule has 0 saturated heterocycles. The van der Waals surface area contributed by atoms with Crippen LogP contribution >= 0.6 is 44.2 Å². The normalized spacial score (nSPS) is 12.3. The number of hydrogen-bond acceptors (Lipinski definition) is 0. The van der Waals surface area contributed by atoms with Gasteiger partial charge in [-0.3, -0.25) is 0 Å². The molecule has 0 aliphatic rings. The van der Waals surface area contributed by atoms with Crippen LogP contribution in [0.15, 0.2) is 91.0 Å². The molecular weight excluding hydrogens is 546 g/mol. The number of unbranched alkanes of at least 4 members (excludes halogenated alkanes) is 6. The van der Waals surface area contributed by atoms with Crippen LogP contribution in [-0.4, -0.2) is 6.16 Å². The van der Waals surface area contributed by atoms with Crippen molar-refractivity contribution >= 4 is 60.1 Å². The van der Waals surface area contributed by atoms with Crippen LogP contribution < -0.4 is 15.9 Å². The molecule has 0 nitrogen and oxygen atoms in total. The third kappa shape index (κ3) is 6.51. The number of hydrogen-bond donors (Lipinski definition) is 0. The molecule has 4 heteroatoms. The van der Waals surface area contributed by atoms with Gasteiger partial charge in [-0.05, 0) is 0 Å². The zero-order chi connectivity index (χ0) is 22.4. The summed E-state index contributed by atoms with van der Waals surface area (Å²) in [7, 11) is 2.23. The summed E-state index contributed by atoms with van der Waals surface area (Å²) in [4.78, 5) is 0. The molecule has 0 heterocycles. The molecule has 0 N–H and O–H groups in total. The minimum Gasteiger partial charge on any atom is -0.0679 e. The van der Waals surface area contributed by atoms with Gasteiger partial charge < -0.3 is 0 Å². The molecule has 31 heavy (non-hydrogen) atoms.